The van der Waals surface area contributed by atoms with Gasteiger partial charge in [-0.3, -0.25) is 15.0 Å². The summed E-state index contributed by atoms with van der Waals surface area (Å²) in [5.41, 5.74) is 5.00. The molecule has 7 nitrogen and oxygen atoms in total. The van der Waals surface area contributed by atoms with Crippen molar-refractivity contribution < 1.29 is 19.8 Å². The lowest BCUT2D eigenvalue weighted by atomic mass is 10.3. The van der Waals surface area contributed by atoms with Crippen molar-refractivity contribution >= 4 is 29.7 Å². The van der Waals surface area contributed by atoms with Gasteiger partial charge in [0.15, 0.2) is 5.96 Å². The topological polar surface area (TPSA) is 136 Å². The Morgan fingerprint density at radius 3 is 2.47 bits per heavy atom. The van der Waals surface area contributed by atoms with Crippen LogP contribution >= 0.6 is 11.8 Å². The molecule has 0 radical (unpaired) electrons. The summed E-state index contributed by atoms with van der Waals surface area (Å²) in [6.45, 7) is 0.337. The second-order valence-electron chi connectivity index (χ2n) is 2.64. The Morgan fingerprint density at radius 1 is 1.47 bits per heavy atom. The minimum absolute atomic E-state index is 0.194. The molecule has 1 atom stereocenters. The molecule has 0 aromatic heterocycles. The van der Waals surface area contributed by atoms with Crippen molar-refractivity contribution in [3.63, 3.8) is 0 Å². The van der Waals surface area contributed by atoms with Gasteiger partial charge in [-0.05, 0) is 0 Å². The van der Waals surface area contributed by atoms with E-state index in [9.17, 15) is 9.59 Å². The van der Waals surface area contributed by atoms with Crippen LogP contribution in [0.1, 0.15) is 6.42 Å². The smallest absolute Gasteiger partial charge is 0.317 e. The summed E-state index contributed by atoms with van der Waals surface area (Å²) in [5, 5.41) is 25.4. The van der Waals surface area contributed by atoms with Crippen LogP contribution in [0.15, 0.2) is 0 Å². The van der Waals surface area contributed by atoms with E-state index in [-0.39, 0.29) is 5.96 Å². The number of aliphatic carboxylic acids is 2. The Bertz CT molecular complexity index is 259. The van der Waals surface area contributed by atoms with E-state index in [2.05, 4.69) is 5.32 Å². The molecule has 0 aliphatic carbocycles. The van der Waals surface area contributed by atoms with Gasteiger partial charge in [0, 0.05) is 12.3 Å². The van der Waals surface area contributed by atoms with Crippen molar-refractivity contribution in [3.05, 3.63) is 0 Å². The molecule has 0 aliphatic heterocycles. The average molecular weight is 235 g/mol. The van der Waals surface area contributed by atoms with Crippen LogP contribution in [0.25, 0.3) is 0 Å². The number of nitrogens with one attached hydrogen (secondary N) is 2. The molecular weight excluding hydrogens is 222 g/mol. The predicted octanol–water partition coefficient (Wildman–Crippen LogP) is -0.869. The van der Waals surface area contributed by atoms with E-state index in [1.165, 1.54) is 0 Å². The number of rotatable bonds is 7. The third-order valence-electron chi connectivity index (χ3n) is 1.37. The van der Waals surface area contributed by atoms with E-state index in [1.54, 1.807) is 0 Å². The molecular formula is C7H13N3O4S. The van der Waals surface area contributed by atoms with Crippen LogP contribution in [-0.2, 0) is 9.59 Å². The summed E-state index contributed by atoms with van der Waals surface area (Å²) in [6.07, 6.45) is -0.417. The fourth-order valence-corrected chi connectivity index (χ4v) is 1.67. The van der Waals surface area contributed by atoms with Gasteiger partial charge in [-0.1, -0.05) is 0 Å². The number of carboxylic acid groups (broad SMARTS) is 2. The first-order valence-electron chi connectivity index (χ1n) is 4.07. The van der Waals surface area contributed by atoms with Gasteiger partial charge in [0.1, 0.15) is 5.25 Å². The molecule has 0 bridgehead atoms. The van der Waals surface area contributed by atoms with E-state index in [0.29, 0.717) is 12.3 Å². The van der Waals surface area contributed by atoms with Crippen molar-refractivity contribution in [1.29, 1.82) is 5.41 Å². The van der Waals surface area contributed by atoms with Gasteiger partial charge < -0.3 is 21.3 Å². The Morgan fingerprint density at radius 2 is 2.07 bits per heavy atom. The van der Waals surface area contributed by atoms with Crippen LogP contribution in [0.4, 0.5) is 0 Å². The molecule has 0 spiro atoms. The van der Waals surface area contributed by atoms with Crippen LogP contribution in [0.2, 0.25) is 0 Å². The Labute approximate surface area is 90.5 Å². The van der Waals surface area contributed by atoms with Crippen molar-refractivity contribution in [2.75, 3.05) is 12.3 Å². The summed E-state index contributed by atoms with van der Waals surface area (Å²) < 4.78 is 0. The number of thioether (sulfide) groups is 1. The monoisotopic (exact) mass is 235 g/mol. The van der Waals surface area contributed by atoms with Crippen molar-refractivity contribution in [1.82, 2.24) is 5.32 Å². The first kappa shape index (κ1) is 13.6. The SMILES string of the molecule is N=C(N)NCCSC(CC(=O)O)C(=O)O. The zero-order valence-corrected chi connectivity index (χ0v) is 8.71. The second-order valence-corrected chi connectivity index (χ2v) is 3.95. The molecule has 6 N–H and O–H groups in total. The Hall–Kier alpha value is -1.44. The molecule has 0 aromatic carbocycles. The summed E-state index contributed by atoms with van der Waals surface area (Å²) >= 11 is 1.00. The minimum atomic E-state index is -1.15. The van der Waals surface area contributed by atoms with Crippen LogP contribution in [0.5, 0.6) is 0 Å². The highest BCUT2D eigenvalue weighted by Crippen LogP contribution is 2.14. The first-order chi connectivity index (χ1) is 6.93. The standard InChI is InChI=1S/C7H13N3O4S/c8-7(9)10-1-2-15-4(6(13)14)3-5(11)12/h4H,1-3H2,(H,11,12)(H,13,14)(H4,8,9,10). The van der Waals surface area contributed by atoms with E-state index >= 15 is 0 Å². The molecule has 1 unspecified atom stereocenters. The fraction of sp³-hybridized carbons (Fsp3) is 0.571. The highest BCUT2D eigenvalue weighted by molar-refractivity contribution is 8.00. The van der Waals surface area contributed by atoms with Crippen LogP contribution in [0, 0.1) is 5.41 Å². The lowest BCUT2D eigenvalue weighted by molar-refractivity contribution is -0.142. The molecule has 0 fully saturated rings. The molecule has 0 heterocycles. The number of hydrogen-bond donors (Lipinski definition) is 5. The highest BCUT2D eigenvalue weighted by atomic mass is 32.2. The second kappa shape index (κ2) is 6.93. The van der Waals surface area contributed by atoms with Gasteiger partial charge >= 0.3 is 11.9 Å². The van der Waals surface area contributed by atoms with E-state index in [0.717, 1.165) is 11.8 Å². The van der Waals surface area contributed by atoms with Crippen molar-refractivity contribution in [2.45, 2.75) is 11.7 Å². The third-order valence-corrected chi connectivity index (χ3v) is 2.58. The quantitative estimate of drug-likeness (QED) is 0.220. The molecule has 0 saturated carbocycles. The number of carboxylic acids is 2. The van der Waals surface area contributed by atoms with Crippen LogP contribution in [0.3, 0.4) is 0 Å². The molecule has 0 saturated heterocycles. The van der Waals surface area contributed by atoms with Gasteiger partial charge in [-0.25, -0.2) is 0 Å². The maximum atomic E-state index is 10.6. The molecule has 15 heavy (non-hydrogen) atoms. The number of guanidine groups is 1. The average Bonchev–Trinajstić information content (AvgIpc) is 2.08. The van der Waals surface area contributed by atoms with Gasteiger partial charge in [0.2, 0.25) is 0 Å². The van der Waals surface area contributed by atoms with Crippen molar-refractivity contribution in [3.8, 4) is 0 Å². The van der Waals surface area contributed by atoms with Gasteiger partial charge in [0.25, 0.3) is 0 Å². The first-order valence-corrected chi connectivity index (χ1v) is 5.12. The number of carbonyl (C=O) groups is 2. The number of hydrogen-bond acceptors (Lipinski definition) is 4. The zero-order chi connectivity index (χ0) is 11.8. The van der Waals surface area contributed by atoms with E-state index < -0.39 is 23.6 Å². The molecule has 86 valence electrons. The van der Waals surface area contributed by atoms with Crippen molar-refractivity contribution in [2.24, 2.45) is 5.73 Å². The Balaban J connectivity index is 3.81. The Kier molecular flexibility index (Phi) is 6.27. The normalized spacial score (nSPS) is 11.7. The van der Waals surface area contributed by atoms with Crippen LogP contribution in [-0.4, -0.2) is 45.7 Å². The zero-order valence-electron chi connectivity index (χ0n) is 7.90. The maximum absolute atomic E-state index is 10.6. The molecule has 0 aliphatic rings. The predicted molar refractivity (Wildman–Crippen MR) is 56.1 cm³/mol. The lowest BCUT2D eigenvalue weighted by Gasteiger charge is -2.09. The van der Waals surface area contributed by atoms with E-state index in [1.807, 2.05) is 0 Å². The van der Waals surface area contributed by atoms with Gasteiger partial charge in [-0.15, -0.1) is 11.8 Å². The third kappa shape index (κ3) is 7.62. The summed E-state index contributed by atoms with van der Waals surface area (Å²) in [5.74, 6) is -2.11. The van der Waals surface area contributed by atoms with E-state index in [4.69, 9.17) is 21.4 Å². The highest BCUT2D eigenvalue weighted by Gasteiger charge is 2.20. The molecule has 8 heteroatoms. The summed E-state index contributed by atoms with van der Waals surface area (Å²) in [4.78, 5) is 20.9. The largest absolute Gasteiger partial charge is 0.481 e. The molecule has 0 amide bonds. The fourth-order valence-electron chi connectivity index (χ4n) is 0.763. The van der Waals surface area contributed by atoms with Crippen LogP contribution < -0.4 is 11.1 Å². The summed E-state index contributed by atoms with van der Waals surface area (Å²) in [6, 6.07) is 0. The summed E-state index contributed by atoms with van der Waals surface area (Å²) in [7, 11) is 0. The lowest BCUT2D eigenvalue weighted by Crippen LogP contribution is -2.32. The molecule has 0 rings (SSSR count). The maximum Gasteiger partial charge on any atom is 0.317 e. The molecule has 0 aromatic rings. The van der Waals surface area contributed by atoms with Gasteiger partial charge in [0.05, 0.1) is 6.42 Å². The van der Waals surface area contributed by atoms with Gasteiger partial charge in [-0.2, -0.15) is 0 Å². The minimum Gasteiger partial charge on any atom is -0.481 e. The number of nitrogens with two attached hydrogens (primary N) is 1.